The molecule has 1 aromatic heterocycles. The minimum absolute atomic E-state index is 0.186. The number of carbonyl (C=O) groups excluding carboxylic acids is 2. The lowest BCUT2D eigenvalue weighted by Crippen LogP contribution is -2.46. The van der Waals surface area contributed by atoms with Gasteiger partial charge in [0.05, 0.1) is 30.0 Å². The van der Waals surface area contributed by atoms with E-state index >= 15 is 0 Å². The molecule has 5 rings (SSSR count). The second-order valence-corrected chi connectivity index (χ2v) is 9.15. The normalized spacial score (nSPS) is 16.4. The predicted octanol–water partition coefficient (Wildman–Crippen LogP) is 4.27. The number of amides is 2. The summed E-state index contributed by atoms with van der Waals surface area (Å²) in [5.41, 5.74) is 4.19. The van der Waals surface area contributed by atoms with Crippen LogP contribution < -0.4 is 9.64 Å². The Kier molecular flexibility index (Phi) is 6.15. The third-order valence-corrected chi connectivity index (χ3v) is 6.98. The van der Waals surface area contributed by atoms with Gasteiger partial charge in [-0.25, -0.2) is 0 Å². The van der Waals surface area contributed by atoms with Crippen LogP contribution in [0.2, 0.25) is 0 Å². The van der Waals surface area contributed by atoms with E-state index in [-0.39, 0.29) is 11.8 Å². The molecule has 1 saturated heterocycles. The summed E-state index contributed by atoms with van der Waals surface area (Å²) in [6, 6.07) is 15.9. The van der Waals surface area contributed by atoms with Crippen LogP contribution in [0.5, 0.6) is 5.75 Å². The fraction of sp³-hybridized carbons (Fsp3) is 0.308. The first-order valence-electron chi connectivity index (χ1n) is 11.3. The lowest BCUT2D eigenvalue weighted by Gasteiger charge is -2.36. The van der Waals surface area contributed by atoms with Crippen molar-refractivity contribution in [1.82, 2.24) is 9.80 Å². The number of fused-ring (bicyclic) bond motifs is 1. The van der Waals surface area contributed by atoms with Gasteiger partial charge in [-0.05, 0) is 59.1 Å². The highest BCUT2D eigenvalue weighted by molar-refractivity contribution is 7.07. The summed E-state index contributed by atoms with van der Waals surface area (Å²) < 4.78 is 5.53. The summed E-state index contributed by atoms with van der Waals surface area (Å²) in [5, 5.41) is 3.94. The molecule has 33 heavy (non-hydrogen) atoms. The standard InChI is InChI=1S/C26H27N3O3S/c1-2-32-21-8-6-19(7-9-21)16-27-11-13-28(14-12-27)23-5-3-4-22-24(23)26(31)29(25(22)30)17-20-10-15-33-18-20/h3-10,15,18H,2,11-14,16-17H2,1H3. The minimum atomic E-state index is -0.197. The van der Waals surface area contributed by atoms with E-state index in [2.05, 4.69) is 21.9 Å². The fourth-order valence-corrected chi connectivity index (χ4v) is 5.21. The van der Waals surface area contributed by atoms with Crippen molar-refractivity contribution in [3.05, 3.63) is 81.5 Å². The van der Waals surface area contributed by atoms with Crippen LogP contribution >= 0.6 is 11.3 Å². The highest BCUT2D eigenvalue weighted by Crippen LogP contribution is 2.33. The third-order valence-electron chi connectivity index (χ3n) is 6.25. The molecule has 0 unspecified atom stereocenters. The van der Waals surface area contributed by atoms with Crippen LogP contribution in [0.15, 0.2) is 59.3 Å². The molecule has 0 bridgehead atoms. The molecule has 2 aliphatic rings. The van der Waals surface area contributed by atoms with Gasteiger partial charge < -0.3 is 9.64 Å². The van der Waals surface area contributed by atoms with Crippen molar-refractivity contribution in [3.63, 3.8) is 0 Å². The molecule has 2 amide bonds. The molecule has 0 radical (unpaired) electrons. The molecule has 6 nitrogen and oxygen atoms in total. The smallest absolute Gasteiger partial charge is 0.263 e. The lowest BCUT2D eigenvalue weighted by atomic mass is 10.1. The Morgan fingerprint density at radius 3 is 2.36 bits per heavy atom. The van der Waals surface area contributed by atoms with Crippen LogP contribution in [0, 0.1) is 0 Å². The van der Waals surface area contributed by atoms with Crippen LogP contribution in [0.4, 0.5) is 5.69 Å². The van der Waals surface area contributed by atoms with Gasteiger partial charge in [-0.2, -0.15) is 11.3 Å². The van der Waals surface area contributed by atoms with E-state index in [0.29, 0.717) is 24.3 Å². The summed E-state index contributed by atoms with van der Waals surface area (Å²) in [6.45, 7) is 7.31. The van der Waals surface area contributed by atoms with Crippen molar-refractivity contribution in [3.8, 4) is 5.75 Å². The van der Waals surface area contributed by atoms with Crippen LogP contribution in [0.25, 0.3) is 0 Å². The maximum atomic E-state index is 13.2. The van der Waals surface area contributed by atoms with Crippen LogP contribution in [-0.4, -0.2) is 54.4 Å². The molecular weight excluding hydrogens is 434 g/mol. The van der Waals surface area contributed by atoms with Gasteiger partial charge in [0.15, 0.2) is 0 Å². The first kappa shape index (κ1) is 21.7. The van der Waals surface area contributed by atoms with Crippen molar-refractivity contribution < 1.29 is 14.3 Å². The molecular formula is C26H27N3O3S. The van der Waals surface area contributed by atoms with E-state index in [0.717, 1.165) is 49.7 Å². The Hall–Kier alpha value is -3.16. The van der Waals surface area contributed by atoms with Gasteiger partial charge in [0.25, 0.3) is 11.8 Å². The van der Waals surface area contributed by atoms with Crippen LogP contribution in [0.1, 0.15) is 38.8 Å². The van der Waals surface area contributed by atoms with E-state index < -0.39 is 0 Å². The maximum absolute atomic E-state index is 13.2. The molecule has 0 atom stereocenters. The molecule has 2 aliphatic heterocycles. The van der Waals surface area contributed by atoms with Gasteiger partial charge in [-0.3, -0.25) is 19.4 Å². The molecule has 0 aliphatic carbocycles. The molecule has 170 valence electrons. The van der Waals surface area contributed by atoms with Crippen molar-refractivity contribution in [2.75, 3.05) is 37.7 Å². The van der Waals surface area contributed by atoms with E-state index in [4.69, 9.17) is 4.74 Å². The molecule has 7 heteroatoms. The van der Waals surface area contributed by atoms with Crippen molar-refractivity contribution in [2.24, 2.45) is 0 Å². The Morgan fingerprint density at radius 1 is 0.879 bits per heavy atom. The van der Waals surface area contributed by atoms with E-state index in [1.807, 2.05) is 48.0 Å². The molecule has 0 spiro atoms. The molecule has 3 heterocycles. The van der Waals surface area contributed by atoms with Gasteiger partial charge in [0, 0.05) is 32.7 Å². The lowest BCUT2D eigenvalue weighted by molar-refractivity contribution is 0.0642. The van der Waals surface area contributed by atoms with E-state index in [1.54, 1.807) is 17.4 Å². The highest BCUT2D eigenvalue weighted by Gasteiger charge is 2.38. The van der Waals surface area contributed by atoms with Crippen LogP contribution in [0.3, 0.4) is 0 Å². The molecule has 0 saturated carbocycles. The second kappa shape index (κ2) is 9.37. The minimum Gasteiger partial charge on any atom is -0.494 e. The summed E-state index contributed by atoms with van der Waals surface area (Å²) in [6.07, 6.45) is 0. The SMILES string of the molecule is CCOc1ccc(CN2CCN(c3cccc4c3C(=O)N(Cc3ccsc3)C4=O)CC2)cc1. The number of rotatable bonds is 7. The number of carbonyl (C=O) groups is 2. The van der Waals surface area contributed by atoms with Crippen molar-refractivity contribution in [2.45, 2.75) is 20.0 Å². The summed E-state index contributed by atoms with van der Waals surface area (Å²) in [4.78, 5) is 32.2. The van der Waals surface area contributed by atoms with Crippen molar-refractivity contribution in [1.29, 1.82) is 0 Å². The number of imide groups is 1. The number of anilines is 1. The predicted molar refractivity (Wildman–Crippen MR) is 130 cm³/mol. The average Bonchev–Trinajstić information content (AvgIpc) is 3.44. The molecule has 0 N–H and O–H groups in total. The molecule has 1 fully saturated rings. The Bertz CT molecular complexity index is 1140. The van der Waals surface area contributed by atoms with Gasteiger partial charge in [0.1, 0.15) is 5.75 Å². The Labute approximate surface area is 198 Å². The van der Waals surface area contributed by atoms with E-state index in [1.165, 1.54) is 10.5 Å². The van der Waals surface area contributed by atoms with Gasteiger partial charge in [-0.1, -0.05) is 18.2 Å². The Balaban J connectivity index is 1.26. The number of hydrogen-bond acceptors (Lipinski definition) is 6. The number of ether oxygens (including phenoxy) is 1. The summed E-state index contributed by atoms with van der Waals surface area (Å²) in [7, 11) is 0. The van der Waals surface area contributed by atoms with Crippen LogP contribution in [-0.2, 0) is 13.1 Å². The number of thiophene rings is 1. The first-order chi connectivity index (χ1) is 16.1. The maximum Gasteiger partial charge on any atom is 0.263 e. The number of benzene rings is 2. The monoisotopic (exact) mass is 461 g/mol. The summed E-state index contributed by atoms with van der Waals surface area (Å²) in [5.74, 6) is 0.516. The summed E-state index contributed by atoms with van der Waals surface area (Å²) >= 11 is 1.57. The zero-order valence-corrected chi connectivity index (χ0v) is 19.5. The van der Waals surface area contributed by atoms with Gasteiger partial charge in [-0.15, -0.1) is 0 Å². The Morgan fingerprint density at radius 2 is 1.67 bits per heavy atom. The number of hydrogen-bond donors (Lipinski definition) is 0. The van der Waals surface area contributed by atoms with E-state index in [9.17, 15) is 9.59 Å². The zero-order valence-electron chi connectivity index (χ0n) is 18.7. The largest absolute Gasteiger partial charge is 0.494 e. The molecule has 3 aromatic rings. The van der Waals surface area contributed by atoms with Gasteiger partial charge in [0.2, 0.25) is 0 Å². The zero-order chi connectivity index (χ0) is 22.8. The van der Waals surface area contributed by atoms with Gasteiger partial charge >= 0.3 is 0 Å². The average molecular weight is 462 g/mol. The topological polar surface area (TPSA) is 53.1 Å². The quantitative estimate of drug-likeness (QED) is 0.492. The molecule has 2 aromatic carbocycles. The number of nitrogens with zero attached hydrogens (tertiary/aromatic N) is 3. The first-order valence-corrected chi connectivity index (χ1v) is 12.3. The third kappa shape index (κ3) is 4.38. The highest BCUT2D eigenvalue weighted by atomic mass is 32.1. The second-order valence-electron chi connectivity index (χ2n) is 8.37. The number of piperazine rings is 1. The van der Waals surface area contributed by atoms with Crippen molar-refractivity contribution >= 4 is 28.8 Å². The fourth-order valence-electron chi connectivity index (χ4n) is 4.55.